The van der Waals surface area contributed by atoms with Gasteiger partial charge in [0.2, 0.25) is 17.8 Å². The summed E-state index contributed by atoms with van der Waals surface area (Å²) in [4.78, 5) is 25.4. The molecule has 0 spiro atoms. The molecule has 0 aliphatic heterocycles. The minimum atomic E-state index is -0.306. The molecule has 0 saturated heterocycles. The van der Waals surface area contributed by atoms with E-state index in [1.165, 1.54) is 12.1 Å². The SMILES string of the molecule is COc1ccc(CNc2nc(NCCOCCOCCNC(=O)c3ccccc3)nc(NCc3cccc(F)c3)n2)cc1. The van der Waals surface area contributed by atoms with Gasteiger partial charge in [0, 0.05) is 31.7 Å². The maximum absolute atomic E-state index is 13.6. The zero-order valence-corrected chi connectivity index (χ0v) is 24.0. The lowest BCUT2D eigenvalue weighted by atomic mass is 10.2. The first kappa shape index (κ1) is 31.1. The number of nitrogens with one attached hydrogen (secondary N) is 4. The van der Waals surface area contributed by atoms with Crippen molar-refractivity contribution in [3.8, 4) is 5.75 Å². The normalized spacial score (nSPS) is 10.7. The lowest BCUT2D eigenvalue weighted by Gasteiger charge is -2.12. The Morgan fingerprint density at radius 3 is 1.98 bits per heavy atom. The number of carbonyl (C=O) groups excluding carboxylic acids is 1. The molecular weight excluding hydrogens is 553 g/mol. The highest BCUT2D eigenvalue weighted by atomic mass is 19.1. The van der Waals surface area contributed by atoms with Crippen LogP contribution in [0.2, 0.25) is 0 Å². The Kier molecular flexibility index (Phi) is 12.5. The fourth-order valence-electron chi connectivity index (χ4n) is 3.85. The third kappa shape index (κ3) is 11.2. The number of ether oxygens (including phenoxy) is 3. The topological polar surface area (TPSA) is 132 Å². The van der Waals surface area contributed by atoms with E-state index in [-0.39, 0.29) is 11.7 Å². The van der Waals surface area contributed by atoms with Crippen LogP contribution in [0, 0.1) is 5.82 Å². The van der Waals surface area contributed by atoms with Crippen LogP contribution >= 0.6 is 0 Å². The molecule has 1 heterocycles. The first-order chi connectivity index (χ1) is 21.1. The highest BCUT2D eigenvalue weighted by Crippen LogP contribution is 2.15. The fraction of sp³-hybridized carbons (Fsp3) is 0.290. The second kappa shape index (κ2) is 17.2. The number of carbonyl (C=O) groups is 1. The molecule has 226 valence electrons. The maximum atomic E-state index is 13.6. The summed E-state index contributed by atoms with van der Waals surface area (Å²) >= 11 is 0. The molecule has 1 aromatic heterocycles. The van der Waals surface area contributed by atoms with Gasteiger partial charge in [0.1, 0.15) is 11.6 Å². The summed E-state index contributed by atoms with van der Waals surface area (Å²) in [5.41, 5.74) is 2.40. The lowest BCUT2D eigenvalue weighted by molar-refractivity contribution is 0.0519. The van der Waals surface area contributed by atoms with Gasteiger partial charge in [0.15, 0.2) is 0 Å². The second-order valence-corrected chi connectivity index (χ2v) is 9.26. The molecule has 0 unspecified atom stereocenters. The molecule has 12 heteroatoms. The monoisotopic (exact) mass is 589 g/mol. The molecule has 0 aliphatic carbocycles. The molecule has 0 radical (unpaired) electrons. The molecule has 4 rings (SSSR count). The zero-order valence-electron chi connectivity index (χ0n) is 24.0. The third-order valence-corrected chi connectivity index (χ3v) is 6.05. The van der Waals surface area contributed by atoms with Gasteiger partial charge in [-0.1, -0.05) is 42.5 Å². The Morgan fingerprint density at radius 1 is 0.698 bits per heavy atom. The Hall–Kier alpha value is -4.81. The number of rotatable bonds is 18. The summed E-state index contributed by atoms with van der Waals surface area (Å²) in [5.74, 6) is 1.43. The van der Waals surface area contributed by atoms with Crippen molar-refractivity contribution >= 4 is 23.8 Å². The van der Waals surface area contributed by atoms with E-state index in [2.05, 4.69) is 36.2 Å². The maximum Gasteiger partial charge on any atom is 0.251 e. The Morgan fingerprint density at radius 2 is 1.33 bits per heavy atom. The molecule has 4 N–H and O–H groups in total. The molecule has 0 fully saturated rings. The van der Waals surface area contributed by atoms with Gasteiger partial charge in [-0.15, -0.1) is 0 Å². The van der Waals surface area contributed by atoms with Crippen molar-refractivity contribution in [2.24, 2.45) is 0 Å². The van der Waals surface area contributed by atoms with E-state index in [1.807, 2.05) is 48.5 Å². The third-order valence-electron chi connectivity index (χ3n) is 6.05. The van der Waals surface area contributed by atoms with E-state index >= 15 is 0 Å². The molecule has 0 saturated carbocycles. The van der Waals surface area contributed by atoms with Gasteiger partial charge in [0.25, 0.3) is 5.91 Å². The number of hydrogen-bond acceptors (Lipinski definition) is 10. The van der Waals surface area contributed by atoms with Crippen LogP contribution in [0.4, 0.5) is 22.2 Å². The van der Waals surface area contributed by atoms with Gasteiger partial charge in [-0.05, 0) is 47.5 Å². The van der Waals surface area contributed by atoms with Gasteiger partial charge in [-0.25, -0.2) is 4.39 Å². The number of aromatic nitrogens is 3. The molecule has 43 heavy (non-hydrogen) atoms. The number of anilines is 3. The largest absolute Gasteiger partial charge is 0.497 e. The van der Waals surface area contributed by atoms with Gasteiger partial charge in [-0.2, -0.15) is 15.0 Å². The van der Waals surface area contributed by atoms with E-state index < -0.39 is 0 Å². The van der Waals surface area contributed by atoms with Crippen LogP contribution in [0.5, 0.6) is 5.75 Å². The van der Waals surface area contributed by atoms with E-state index in [4.69, 9.17) is 14.2 Å². The fourth-order valence-corrected chi connectivity index (χ4v) is 3.85. The predicted molar refractivity (Wildman–Crippen MR) is 163 cm³/mol. The molecule has 0 aliphatic rings. The summed E-state index contributed by atoms with van der Waals surface area (Å²) in [6.45, 7) is 3.32. The summed E-state index contributed by atoms with van der Waals surface area (Å²) in [6, 6.07) is 23.1. The van der Waals surface area contributed by atoms with Crippen molar-refractivity contribution in [3.63, 3.8) is 0 Å². The van der Waals surface area contributed by atoms with Gasteiger partial charge >= 0.3 is 0 Å². The van der Waals surface area contributed by atoms with Crippen LogP contribution < -0.4 is 26.0 Å². The van der Waals surface area contributed by atoms with E-state index in [0.29, 0.717) is 76.0 Å². The first-order valence-corrected chi connectivity index (χ1v) is 13.9. The highest BCUT2D eigenvalue weighted by molar-refractivity contribution is 5.94. The summed E-state index contributed by atoms with van der Waals surface area (Å²) in [5, 5.41) is 12.3. The molecule has 0 atom stereocenters. The number of halogens is 1. The van der Waals surface area contributed by atoms with Crippen molar-refractivity contribution in [1.29, 1.82) is 0 Å². The molecule has 1 amide bonds. The van der Waals surface area contributed by atoms with E-state index in [0.717, 1.165) is 16.9 Å². The standard InChI is InChI=1S/C31H36FN7O4/c1-41-27-12-10-23(11-13-27)21-35-30-37-29(38-31(39-30)36-22-24-6-5-9-26(32)20-24)34-15-17-43-19-18-42-16-14-33-28(40)25-7-3-2-4-8-25/h2-13,20H,14-19,21-22H2,1H3,(H,33,40)(H3,34,35,36,37,38,39). The average Bonchev–Trinajstić information content (AvgIpc) is 3.04. The Labute approximate surface area is 250 Å². The lowest BCUT2D eigenvalue weighted by Crippen LogP contribution is -2.27. The smallest absolute Gasteiger partial charge is 0.251 e. The number of nitrogens with zero attached hydrogens (tertiary/aromatic N) is 3. The average molecular weight is 590 g/mol. The number of benzene rings is 3. The van der Waals surface area contributed by atoms with Crippen LogP contribution in [0.25, 0.3) is 0 Å². The zero-order chi connectivity index (χ0) is 30.1. The molecular formula is C31H36FN7O4. The Bertz CT molecular complexity index is 1410. The minimum absolute atomic E-state index is 0.128. The highest BCUT2D eigenvalue weighted by Gasteiger charge is 2.08. The van der Waals surface area contributed by atoms with E-state index in [1.54, 1.807) is 25.3 Å². The Balaban J connectivity index is 1.20. The first-order valence-electron chi connectivity index (χ1n) is 13.9. The predicted octanol–water partition coefficient (Wildman–Crippen LogP) is 4.12. The van der Waals surface area contributed by atoms with Crippen molar-refractivity contribution in [1.82, 2.24) is 20.3 Å². The molecule has 4 aromatic rings. The van der Waals surface area contributed by atoms with E-state index in [9.17, 15) is 9.18 Å². The molecule has 0 bridgehead atoms. The molecule has 11 nitrogen and oxygen atoms in total. The van der Waals surface area contributed by atoms with Crippen LogP contribution in [0.3, 0.4) is 0 Å². The van der Waals surface area contributed by atoms with Crippen LogP contribution in [0.15, 0.2) is 78.9 Å². The summed E-state index contributed by atoms with van der Waals surface area (Å²) in [6.07, 6.45) is 0. The van der Waals surface area contributed by atoms with Crippen molar-refractivity contribution in [2.45, 2.75) is 13.1 Å². The van der Waals surface area contributed by atoms with Crippen molar-refractivity contribution in [2.75, 3.05) is 62.6 Å². The number of methoxy groups -OCH3 is 1. The van der Waals surface area contributed by atoms with Crippen LogP contribution in [-0.2, 0) is 22.6 Å². The minimum Gasteiger partial charge on any atom is -0.497 e. The van der Waals surface area contributed by atoms with Crippen LogP contribution in [0.1, 0.15) is 21.5 Å². The van der Waals surface area contributed by atoms with Gasteiger partial charge in [0.05, 0.1) is 33.5 Å². The molecule has 3 aromatic carbocycles. The van der Waals surface area contributed by atoms with Crippen molar-refractivity contribution < 1.29 is 23.4 Å². The van der Waals surface area contributed by atoms with Crippen LogP contribution in [-0.4, -0.2) is 67.5 Å². The number of amides is 1. The van der Waals surface area contributed by atoms with Gasteiger partial charge in [-0.3, -0.25) is 4.79 Å². The second-order valence-electron chi connectivity index (χ2n) is 9.26. The van der Waals surface area contributed by atoms with Gasteiger partial charge < -0.3 is 35.5 Å². The summed E-state index contributed by atoms with van der Waals surface area (Å²) in [7, 11) is 1.63. The summed E-state index contributed by atoms with van der Waals surface area (Å²) < 4.78 is 30.0. The van der Waals surface area contributed by atoms with Crippen molar-refractivity contribution in [3.05, 3.63) is 101 Å². The number of hydrogen-bond donors (Lipinski definition) is 4. The quantitative estimate of drug-likeness (QED) is 0.126.